The summed E-state index contributed by atoms with van der Waals surface area (Å²) in [4.78, 5) is 12.7. The SMILES string of the molecule is c1cnc(-c2noc(C3CNCc4ccccc43)n2)nc1. The molecule has 21 heavy (non-hydrogen) atoms. The molecule has 6 nitrogen and oxygen atoms in total. The molecule has 1 unspecified atom stereocenters. The molecule has 0 saturated heterocycles. The Morgan fingerprint density at radius 1 is 1.05 bits per heavy atom. The molecule has 4 rings (SSSR count). The van der Waals surface area contributed by atoms with Gasteiger partial charge in [-0.15, -0.1) is 0 Å². The summed E-state index contributed by atoms with van der Waals surface area (Å²) in [6.45, 7) is 1.66. The van der Waals surface area contributed by atoms with Crippen LogP contribution in [0, 0.1) is 0 Å². The zero-order valence-electron chi connectivity index (χ0n) is 11.2. The van der Waals surface area contributed by atoms with E-state index in [0.29, 0.717) is 17.5 Å². The topological polar surface area (TPSA) is 76.7 Å². The van der Waals surface area contributed by atoms with Crippen molar-refractivity contribution >= 4 is 0 Å². The summed E-state index contributed by atoms with van der Waals surface area (Å²) in [5.74, 6) is 1.57. The molecule has 0 fully saturated rings. The first kappa shape index (κ1) is 12.2. The van der Waals surface area contributed by atoms with Crippen LogP contribution in [0.5, 0.6) is 0 Å². The van der Waals surface area contributed by atoms with Crippen molar-refractivity contribution in [2.75, 3.05) is 6.54 Å². The highest BCUT2D eigenvalue weighted by Gasteiger charge is 2.26. The molecular formula is C15H13N5O. The summed E-state index contributed by atoms with van der Waals surface area (Å²) in [6.07, 6.45) is 3.33. The minimum absolute atomic E-state index is 0.0694. The van der Waals surface area contributed by atoms with E-state index in [1.54, 1.807) is 18.5 Å². The smallest absolute Gasteiger partial charge is 0.240 e. The molecule has 0 bridgehead atoms. The summed E-state index contributed by atoms with van der Waals surface area (Å²) in [6, 6.07) is 10.1. The lowest BCUT2D eigenvalue weighted by Crippen LogP contribution is -2.28. The van der Waals surface area contributed by atoms with Crippen molar-refractivity contribution in [1.29, 1.82) is 0 Å². The average Bonchev–Trinajstić information content (AvgIpc) is 3.05. The number of aromatic nitrogens is 4. The van der Waals surface area contributed by atoms with Crippen molar-refractivity contribution in [3.05, 3.63) is 59.7 Å². The van der Waals surface area contributed by atoms with E-state index in [1.807, 2.05) is 12.1 Å². The van der Waals surface area contributed by atoms with E-state index in [0.717, 1.165) is 13.1 Å². The largest absolute Gasteiger partial charge is 0.338 e. The Bertz CT molecular complexity index is 756. The number of hydrogen-bond acceptors (Lipinski definition) is 6. The molecule has 0 radical (unpaired) electrons. The molecule has 3 heterocycles. The Balaban J connectivity index is 1.71. The van der Waals surface area contributed by atoms with Gasteiger partial charge in [-0.2, -0.15) is 4.98 Å². The maximum atomic E-state index is 5.43. The van der Waals surface area contributed by atoms with E-state index in [1.165, 1.54) is 11.1 Å². The van der Waals surface area contributed by atoms with Gasteiger partial charge in [-0.1, -0.05) is 29.4 Å². The Hall–Kier alpha value is -2.60. The van der Waals surface area contributed by atoms with E-state index >= 15 is 0 Å². The van der Waals surface area contributed by atoms with E-state index in [-0.39, 0.29) is 5.92 Å². The first-order valence-corrected chi connectivity index (χ1v) is 6.81. The fourth-order valence-electron chi connectivity index (χ4n) is 2.60. The number of rotatable bonds is 2. The van der Waals surface area contributed by atoms with Crippen LogP contribution >= 0.6 is 0 Å². The lowest BCUT2D eigenvalue weighted by atomic mass is 9.91. The molecular weight excluding hydrogens is 266 g/mol. The number of benzene rings is 1. The fourth-order valence-corrected chi connectivity index (χ4v) is 2.60. The second-order valence-electron chi connectivity index (χ2n) is 4.91. The van der Waals surface area contributed by atoms with Gasteiger partial charge in [-0.3, -0.25) is 0 Å². The van der Waals surface area contributed by atoms with Gasteiger partial charge in [-0.25, -0.2) is 9.97 Å². The van der Waals surface area contributed by atoms with Crippen molar-refractivity contribution in [3.8, 4) is 11.6 Å². The third-order valence-electron chi connectivity index (χ3n) is 3.60. The van der Waals surface area contributed by atoms with Gasteiger partial charge in [0.2, 0.25) is 17.5 Å². The van der Waals surface area contributed by atoms with Gasteiger partial charge in [0.25, 0.3) is 0 Å². The molecule has 1 atom stereocenters. The molecule has 104 valence electrons. The van der Waals surface area contributed by atoms with Crippen LogP contribution in [0.4, 0.5) is 0 Å². The average molecular weight is 279 g/mol. The minimum atomic E-state index is 0.0694. The normalized spacial score (nSPS) is 17.4. The molecule has 6 heteroatoms. The molecule has 1 N–H and O–H groups in total. The second kappa shape index (κ2) is 5.06. The number of nitrogens with zero attached hydrogens (tertiary/aromatic N) is 4. The zero-order valence-corrected chi connectivity index (χ0v) is 11.2. The van der Waals surface area contributed by atoms with Crippen molar-refractivity contribution < 1.29 is 4.52 Å². The summed E-state index contributed by atoms with van der Waals surface area (Å²) in [5, 5.41) is 7.38. The molecule has 0 spiro atoms. The molecule has 1 aliphatic heterocycles. The Labute approximate surface area is 121 Å². The monoisotopic (exact) mass is 279 g/mol. The van der Waals surface area contributed by atoms with Crippen LogP contribution < -0.4 is 5.32 Å². The predicted octanol–water partition coefficient (Wildman–Crippen LogP) is 1.76. The standard InChI is InChI=1S/C15H13N5O/c1-2-5-11-10(4-1)8-16-9-12(11)15-19-14(20-21-15)13-17-6-3-7-18-13/h1-7,12,16H,8-9H2. The van der Waals surface area contributed by atoms with Crippen LogP contribution in [0.2, 0.25) is 0 Å². The molecule has 1 aromatic carbocycles. The third-order valence-corrected chi connectivity index (χ3v) is 3.60. The molecule has 0 aliphatic carbocycles. The van der Waals surface area contributed by atoms with E-state index in [9.17, 15) is 0 Å². The lowest BCUT2D eigenvalue weighted by molar-refractivity contribution is 0.356. The van der Waals surface area contributed by atoms with Crippen molar-refractivity contribution in [2.45, 2.75) is 12.5 Å². The molecule has 3 aromatic rings. The van der Waals surface area contributed by atoms with Gasteiger partial charge in [0.15, 0.2) is 0 Å². The van der Waals surface area contributed by atoms with Crippen molar-refractivity contribution in [1.82, 2.24) is 25.4 Å². The van der Waals surface area contributed by atoms with E-state index in [2.05, 4.69) is 37.6 Å². The summed E-state index contributed by atoms with van der Waals surface area (Å²) in [5.41, 5.74) is 2.50. The minimum Gasteiger partial charge on any atom is -0.338 e. The number of nitrogens with one attached hydrogen (secondary N) is 1. The quantitative estimate of drug-likeness (QED) is 0.770. The molecule has 0 amide bonds. The molecule has 1 aliphatic rings. The molecule has 2 aromatic heterocycles. The first-order chi connectivity index (χ1) is 10.4. The van der Waals surface area contributed by atoms with Crippen LogP contribution in [0.3, 0.4) is 0 Å². The summed E-state index contributed by atoms with van der Waals surface area (Å²) >= 11 is 0. The maximum absolute atomic E-state index is 5.43. The molecule has 0 saturated carbocycles. The van der Waals surface area contributed by atoms with Crippen LogP contribution in [0.25, 0.3) is 11.6 Å². The van der Waals surface area contributed by atoms with Crippen LogP contribution in [0.15, 0.2) is 47.2 Å². The zero-order chi connectivity index (χ0) is 14.1. The first-order valence-electron chi connectivity index (χ1n) is 6.81. The number of hydrogen-bond donors (Lipinski definition) is 1. The van der Waals surface area contributed by atoms with Gasteiger partial charge >= 0.3 is 0 Å². The lowest BCUT2D eigenvalue weighted by Gasteiger charge is -2.23. The van der Waals surface area contributed by atoms with Crippen molar-refractivity contribution in [2.24, 2.45) is 0 Å². The maximum Gasteiger partial charge on any atom is 0.240 e. The van der Waals surface area contributed by atoms with Gasteiger partial charge < -0.3 is 9.84 Å². The highest BCUT2D eigenvalue weighted by Crippen LogP contribution is 2.29. The fraction of sp³-hybridized carbons (Fsp3) is 0.200. The highest BCUT2D eigenvalue weighted by molar-refractivity contribution is 5.42. The van der Waals surface area contributed by atoms with Crippen LogP contribution in [-0.2, 0) is 6.54 Å². The second-order valence-corrected chi connectivity index (χ2v) is 4.91. The Morgan fingerprint density at radius 3 is 2.81 bits per heavy atom. The van der Waals surface area contributed by atoms with Gasteiger partial charge in [0, 0.05) is 25.5 Å². The Kier molecular flexibility index (Phi) is 2.93. The van der Waals surface area contributed by atoms with Crippen LogP contribution in [-0.4, -0.2) is 26.7 Å². The van der Waals surface area contributed by atoms with Gasteiger partial charge in [0.05, 0.1) is 5.92 Å². The third kappa shape index (κ3) is 2.19. The summed E-state index contributed by atoms with van der Waals surface area (Å²) in [7, 11) is 0. The van der Waals surface area contributed by atoms with Crippen molar-refractivity contribution in [3.63, 3.8) is 0 Å². The highest BCUT2D eigenvalue weighted by atomic mass is 16.5. The summed E-state index contributed by atoms with van der Waals surface area (Å²) < 4.78 is 5.43. The Morgan fingerprint density at radius 2 is 1.90 bits per heavy atom. The van der Waals surface area contributed by atoms with E-state index in [4.69, 9.17) is 4.52 Å². The van der Waals surface area contributed by atoms with Gasteiger partial charge in [-0.05, 0) is 17.2 Å². The number of fused-ring (bicyclic) bond motifs is 1. The van der Waals surface area contributed by atoms with Gasteiger partial charge in [0.1, 0.15) is 0 Å². The predicted molar refractivity (Wildman–Crippen MR) is 75.3 cm³/mol. The van der Waals surface area contributed by atoms with E-state index < -0.39 is 0 Å². The van der Waals surface area contributed by atoms with Crippen LogP contribution in [0.1, 0.15) is 22.9 Å².